The van der Waals surface area contributed by atoms with E-state index in [0.29, 0.717) is 6.04 Å². The molecule has 0 bridgehead atoms. The molecular formula is C15H22N2O2. The summed E-state index contributed by atoms with van der Waals surface area (Å²) in [5.74, 6) is -0.193. The van der Waals surface area contributed by atoms with E-state index < -0.39 is 0 Å². The number of carbonyl (C=O) groups excluding carboxylic acids is 1. The van der Waals surface area contributed by atoms with E-state index in [2.05, 4.69) is 34.5 Å². The van der Waals surface area contributed by atoms with E-state index >= 15 is 0 Å². The van der Waals surface area contributed by atoms with Crippen molar-refractivity contribution in [1.82, 2.24) is 10.2 Å². The molecule has 19 heavy (non-hydrogen) atoms. The lowest BCUT2D eigenvalue weighted by Gasteiger charge is -2.19. The van der Waals surface area contributed by atoms with Gasteiger partial charge in [-0.15, -0.1) is 0 Å². The zero-order valence-electron chi connectivity index (χ0n) is 11.6. The number of esters is 1. The predicted molar refractivity (Wildman–Crippen MR) is 74.7 cm³/mol. The van der Waals surface area contributed by atoms with Crippen molar-refractivity contribution in [2.75, 3.05) is 20.2 Å². The van der Waals surface area contributed by atoms with E-state index in [1.54, 1.807) is 0 Å². The van der Waals surface area contributed by atoms with Crippen molar-refractivity contribution in [2.45, 2.75) is 32.0 Å². The molecule has 1 N–H and O–H groups in total. The first-order valence-electron chi connectivity index (χ1n) is 6.79. The summed E-state index contributed by atoms with van der Waals surface area (Å²) in [5, 5.41) is 3.33. The minimum atomic E-state index is -0.230. The predicted octanol–water partition coefficient (Wildman–Crippen LogP) is 1.41. The average Bonchev–Trinajstić information content (AvgIpc) is 2.86. The van der Waals surface area contributed by atoms with Gasteiger partial charge in [0.2, 0.25) is 0 Å². The van der Waals surface area contributed by atoms with Crippen LogP contribution in [-0.4, -0.2) is 43.2 Å². The lowest BCUT2D eigenvalue weighted by Crippen LogP contribution is -2.43. The summed E-state index contributed by atoms with van der Waals surface area (Å²) >= 11 is 0. The Morgan fingerprint density at radius 1 is 1.47 bits per heavy atom. The molecule has 2 unspecified atom stereocenters. The molecule has 0 aliphatic carbocycles. The number of methoxy groups -OCH3 is 1. The normalized spacial score (nSPS) is 21.3. The second-order valence-electron chi connectivity index (χ2n) is 5.12. The zero-order valence-corrected chi connectivity index (χ0v) is 11.6. The van der Waals surface area contributed by atoms with Gasteiger partial charge in [-0.1, -0.05) is 30.3 Å². The zero-order chi connectivity index (χ0) is 13.7. The van der Waals surface area contributed by atoms with Gasteiger partial charge in [0.15, 0.2) is 0 Å². The van der Waals surface area contributed by atoms with E-state index in [9.17, 15) is 4.79 Å². The third kappa shape index (κ3) is 4.04. The Bertz CT molecular complexity index is 408. The fourth-order valence-corrected chi connectivity index (χ4v) is 2.55. The Morgan fingerprint density at radius 3 is 2.89 bits per heavy atom. The van der Waals surface area contributed by atoms with Crippen molar-refractivity contribution in [2.24, 2.45) is 0 Å². The Morgan fingerprint density at radius 2 is 2.21 bits per heavy atom. The SMILES string of the molecule is COC(=O)C(C)NC1CCN(Cc2ccccc2)C1. The Kier molecular flexibility index (Phi) is 4.93. The minimum Gasteiger partial charge on any atom is -0.468 e. The number of hydrogen-bond acceptors (Lipinski definition) is 4. The second-order valence-corrected chi connectivity index (χ2v) is 5.12. The first kappa shape index (κ1) is 14.0. The summed E-state index contributed by atoms with van der Waals surface area (Å²) in [6.07, 6.45) is 1.08. The van der Waals surface area contributed by atoms with E-state index in [0.717, 1.165) is 26.1 Å². The number of nitrogens with one attached hydrogen (secondary N) is 1. The molecule has 1 aliphatic rings. The highest BCUT2D eigenvalue weighted by Gasteiger charge is 2.25. The maximum atomic E-state index is 11.4. The van der Waals surface area contributed by atoms with E-state index in [-0.39, 0.29) is 12.0 Å². The number of nitrogens with zero attached hydrogens (tertiary/aromatic N) is 1. The number of rotatable bonds is 5. The maximum absolute atomic E-state index is 11.4. The Hall–Kier alpha value is -1.39. The van der Waals surface area contributed by atoms with E-state index in [1.165, 1.54) is 12.7 Å². The van der Waals surface area contributed by atoms with Gasteiger partial charge in [0.25, 0.3) is 0 Å². The van der Waals surface area contributed by atoms with Gasteiger partial charge in [0.05, 0.1) is 7.11 Å². The number of likely N-dealkylation sites (tertiary alicyclic amines) is 1. The molecule has 0 amide bonds. The molecule has 2 rings (SSSR count). The number of hydrogen-bond donors (Lipinski definition) is 1. The lowest BCUT2D eigenvalue weighted by molar-refractivity contribution is -0.142. The molecule has 1 aromatic rings. The van der Waals surface area contributed by atoms with Crippen molar-refractivity contribution in [3.05, 3.63) is 35.9 Å². The number of benzene rings is 1. The van der Waals surface area contributed by atoms with Crippen LogP contribution in [0.25, 0.3) is 0 Å². The van der Waals surface area contributed by atoms with Crippen molar-refractivity contribution >= 4 is 5.97 Å². The number of ether oxygens (including phenoxy) is 1. The van der Waals surface area contributed by atoms with Gasteiger partial charge < -0.3 is 10.1 Å². The van der Waals surface area contributed by atoms with Crippen molar-refractivity contribution in [3.8, 4) is 0 Å². The summed E-state index contributed by atoms with van der Waals surface area (Å²) in [5.41, 5.74) is 1.34. The summed E-state index contributed by atoms with van der Waals surface area (Å²) in [4.78, 5) is 13.8. The Balaban J connectivity index is 1.79. The molecule has 1 fully saturated rings. The van der Waals surface area contributed by atoms with Gasteiger partial charge in [-0.05, 0) is 18.9 Å². The molecule has 0 spiro atoms. The summed E-state index contributed by atoms with van der Waals surface area (Å²) < 4.78 is 4.73. The largest absolute Gasteiger partial charge is 0.468 e. The lowest BCUT2D eigenvalue weighted by atomic mass is 10.2. The third-order valence-electron chi connectivity index (χ3n) is 3.56. The highest BCUT2D eigenvalue weighted by molar-refractivity contribution is 5.75. The van der Waals surface area contributed by atoms with E-state index in [4.69, 9.17) is 4.74 Å². The van der Waals surface area contributed by atoms with Crippen LogP contribution in [0.2, 0.25) is 0 Å². The molecule has 0 aromatic heterocycles. The fraction of sp³-hybridized carbons (Fsp3) is 0.533. The van der Waals surface area contributed by atoms with Crippen LogP contribution in [-0.2, 0) is 16.1 Å². The quantitative estimate of drug-likeness (QED) is 0.815. The summed E-state index contributed by atoms with van der Waals surface area (Å²) in [6, 6.07) is 10.6. The molecule has 1 aliphatic heterocycles. The molecule has 2 atom stereocenters. The van der Waals surface area contributed by atoms with Gasteiger partial charge in [-0.25, -0.2) is 0 Å². The Labute approximate surface area is 114 Å². The third-order valence-corrected chi connectivity index (χ3v) is 3.56. The first-order valence-corrected chi connectivity index (χ1v) is 6.79. The summed E-state index contributed by atoms with van der Waals surface area (Å²) in [6.45, 7) is 4.88. The van der Waals surface area contributed by atoms with Crippen LogP contribution in [0.1, 0.15) is 18.9 Å². The van der Waals surface area contributed by atoms with Crippen molar-refractivity contribution < 1.29 is 9.53 Å². The van der Waals surface area contributed by atoms with Gasteiger partial charge in [-0.3, -0.25) is 9.69 Å². The van der Waals surface area contributed by atoms with Gasteiger partial charge in [-0.2, -0.15) is 0 Å². The van der Waals surface area contributed by atoms with Crippen LogP contribution in [0.4, 0.5) is 0 Å². The fourth-order valence-electron chi connectivity index (χ4n) is 2.55. The molecule has 0 saturated carbocycles. The average molecular weight is 262 g/mol. The molecule has 0 radical (unpaired) electrons. The van der Waals surface area contributed by atoms with Crippen LogP contribution in [0, 0.1) is 0 Å². The van der Waals surface area contributed by atoms with Gasteiger partial charge >= 0.3 is 5.97 Å². The first-order chi connectivity index (χ1) is 9.19. The highest BCUT2D eigenvalue weighted by Crippen LogP contribution is 2.14. The van der Waals surface area contributed by atoms with Crippen molar-refractivity contribution in [1.29, 1.82) is 0 Å². The monoisotopic (exact) mass is 262 g/mol. The topological polar surface area (TPSA) is 41.6 Å². The molecule has 1 aromatic carbocycles. The van der Waals surface area contributed by atoms with Crippen LogP contribution in [0.15, 0.2) is 30.3 Å². The molecule has 4 nitrogen and oxygen atoms in total. The van der Waals surface area contributed by atoms with Gasteiger partial charge in [0, 0.05) is 25.7 Å². The van der Waals surface area contributed by atoms with Gasteiger partial charge in [0.1, 0.15) is 6.04 Å². The molecule has 1 saturated heterocycles. The van der Waals surface area contributed by atoms with Crippen LogP contribution in [0.3, 0.4) is 0 Å². The minimum absolute atomic E-state index is 0.193. The summed E-state index contributed by atoms with van der Waals surface area (Å²) in [7, 11) is 1.43. The second kappa shape index (κ2) is 6.68. The van der Waals surface area contributed by atoms with Crippen molar-refractivity contribution in [3.63, 3.8) is 0 Å². The molecule has 4 heteroatoms. The molecule has 104 valence electrons. The molecule has 1 heterocycles. The van der Waals surface area contributed by atoms with Crippen LogP contribution >= 0.6 is 0 Å². The van der Waals surface area contributed by atoms with Crippen LogP contribution < -0.4 is 5.32 Å². The smallest absolute Gasteiger partial charge is 0.322 e. The standard InChI is InChI=1S/C15H22N2O2/c1-12(15(18)19-2)16-14-8-9-17(11-14)10-13-6-4-3-5-7-13/h3-7,12,14,16H,8-11H2,1-2H3. The maximum Gasteiger partial charge on any atom is 0.322 e. The van der Waals surface area contributed by atoms with Crippen LogP contribution in [0.5, 0.6) is 0 Å². The highest BCUT2D eigenvalue weighted by atomic mass is 16.5. The number of carbonyl (C=O) groups is 1. The van der Waals surface area contributed by atoms with E-state index in [1.807, 2.05) is 13.0 Å². The molecular weight excluding hydrogens is 240 g/mol.